The molecule has 0 radical (unpaired) electrons. The Bertz CT molecular complexity index is 906. The van der Waals surface area contributed by atoms with Crippen LogP contribution in [0.25, 0.3) is 0 Å². The molecule has 2 heterocycles. The highest BCUT2D eigenvalue weighted by molar-refractivity contribution is 14.0. The first-order valence-electron chi connectivity index (χ1n) is 10.9. The Morgan fingerprint density at radius 2 is 1.91 bits per heavy atom. The van der Waals surface area contributed by atoms with Gasteiger partial charge in [-0.1, -0.05) is 30.3 Å². The lowest BCUT2D eigenvalue weighted by atomic mass is 10.1. The largest absolute Gasteiger partial charge is 0.488 e. The summed E-state index contributed by atoms with van der Waals surface area (Å²) in [5.41, 5.74) is 2.90. The van der Waals surface area contributed by atoms with Gasteiger partial charge in [0.25, 0.3) is 5.91 Å². The van der Waals surface area contributed by atoms with Gasteiger partial charge in [-0.3, -0.25) is 9.79 Å². The highest BCUT2D eigenvalue weighted by atomic mass is 127. The maximum absolute atomic E-state index is 12.5. The summed E-state index contributed by atoms with van der Waals surface area (Å²) in [6, 6.07) is 15.8. The smallest absolute Gasteiger partial charge is 0.251 e. The molecule has 32 heavy (non-hydrogen) atoms. The zero-order valence-corrected chi connectivity index (χ0v) is 20.6. The van der Waals surface area contributed by atoms with Crippen LogP contribution >= 0.6 is 24.0 Å². The summed E-state index contributed by atoms with van der Waals surface area (Å²) in [6.07, 6.45) is 3.20. The van der Waals surface area contributed by atoms with Gasteiger partial charge in [0.15, 0.2) is 5.96 Å². The predicted octanol–water partition coefficient (Wildman–Crippen LogP) is 2.88. The molecule has 7 nitrogen and oxygen atoms in total. The van der Waals surface area contributed by atoms with Gasteiger partial charge in [0, 0.05) is 38.7 Å². The van der Waals surface area contributed by atoms with Crippen molar-refractivity contribution in [3.8, 4) is 5.75 Å². The minimum absolute atomic E-state index is 0. The van der Waals surface area contributed by atoms with E-state index in [1.54, 1.807) is 7.05 Å². The average Bonchev–Trinajstić information content (AvgIpc) is 3.47. The van der Waals surface area contributed by atoms with E-state index in [0.717, 1.165) is 37.2 Å². The second kappa shape index (κ2) is 12.1. The quantitative estimate of drug-likeness (QED) is 0.281. The van der Waals surface area contributed by atoms with Crippen LogP contribution in [0.5, 0.6) is 5.75 Å². The lowest BCUT2D eigenvalue weighted by Gasteiger charge is -2.16. The third kappa shape index (κ3) is 6.59. The molecule has 0 spiro atoms. The van der Waals surface area contributed by atoms with E-state index in [2.05, 4.69) is 27.0 Å². The first-order valence-corrected chi connectivity index (χ1v) is 10.9. The molecule has 0 bridgehead atoms. The topological polar surface area (TPSA) is 84.0 Å². The van der Waals surface area contributed by atoms with Crippen LogP contribution in [0.4, 0.5) is 0 Å². The van der Waals surface area contributed by atoms with Crippen LogP contribution in [0.2, 0.25) is 0 Å². The number of carbonyl (C=O) groups excluding carboxylic acids is 1. The normalized spacial score (nSPS) is 19.5. The number of halogens is 1. The molecule has 2 aromatic rings. The lowest BCUT2D eigenvalue weighted by molar-refractivity contribution is 0.0857. The van der Waals surface area contributed by atoms with Crippen molar-refractivity contribution in [2.45, 2.75) is 38.0 Å². The van der Waals surface area contributed by atoms with Gasteiger partial charge >= 0.3 is 0 Å². The number of benzene rings is 2. The molecule has 3 N–H and O–H groups in total. The van der Waals surface area contributed by atoms with Gasteiger partial charge in [-0.2, -0.15) is 0 Å². The van der Waals surface area contributed by atoms with E-state index in [0.29, 0.717) is 31.2 Å². The Hall–Kier alpha value is -2.33. The number of hydrogen-bond donors (Lipinski definition) is 3. The minimum Gasteiger partial charge on any atom is -0.488 e. The Morgan fingerprint density at radius 3 is 2.69 bits per heavy atom. The van der Waals surface area contributed by atoms with E-state index in [1.807, 2.05) is 42.5 Å². The molecule has 2 aliphatic heterocycles. The maximum atomic E-state index is 12.5. The van der Waals surface area contributed by atoms with Crippen LogP contribution in [0.3, 0.4) is 0 Å². The molecule has 2 aliphatic rings. The molecule has 1 fully saturated rings. The molecule has 2 atom stereocenters. The van der Waals surface area contributed by atoms with Crippen LogP contribution in [-0.2, 0) is 17.7 Å². The van der Waals surface area contributed by atoms with Crippen molar-refractivity contribution in [1.82, 2.24) is 16.0 Å². The van der Waals surface area contributed by atoms with Crippen molar-refractivity contribution in [3.63, 3.8) is 0 Å². The van der Waals surface area contributed by atoms with Crippen molar-refractivity contribution >= 4 is 35.8 Å². The van der Waals surface area contributed by atoms with E-state index in [-0.39, 0.29) is 42.1 Å². The van der Waals surface area contributed by atoms with Gasteiger partial charge in [-0.05, 0) is 42.2 Å². The third-order valence-electron chi connectivity index (χ3n) is 5.60. The SMILES string of the molecule is CN=C(NCc1cccc(C(=O)NCC2CCCO2)c1)NCC1Cc2ccccc2O1.I. The Morgan fingerprint density at radius 1 is 1.06 bits per heavy atom. The van der Waals surface area contributed by atoms with Crippen LogP contribution in [0, 0.1) is 0 Å². The van der Waals surface area contributed by atoms with Crippen molar-refractivity contribution in [1.29, 1.82) is 0 Å². The lowest BCUT2D eigenvalue weighted by Crippen LogP contribution is -2.42. The van der Waals surface area contributed by atoms with Gasteiger partial charge in [0.1, 0.15) is 11.9 Å². The second-order valence-corrected chi connectivity index (χ2v) is 7.90. The molecule has 8 heteroatoms. The van der Waals surface area contributed by atoms with E-state index in [9.17, 15) is 4.79 Å². The van der Waals surface area contributed by atoms with E-state index >= 15 is 0 Å². The summed E-state index contributed by atoms with van der Waals surface area (Å²) in [5.74, 6) is 1.59. The molecule has 4 rings (SSSR count). The molecule has 0 aromatic heterocycles. The number of nitrogens with zero attached hydrogens (tertiary/aromatic N) is 1. The van der Waals surface area contributed by atoms with Crippen LogP contribution in [-0.4, -0.2) is 50.8 Å². The van der Waals surface area contributed by atoms with Crippen molar-refractivity contribution in [2.75, 3.05) is 26.7 Å². The van der Waals surface area contributed by atoms with Gasteiger partial charge in [0.05, 0.1) is 12.6 Å². The first kappa shape index (κ1) is 24.3. The number of aliphatic imine (C=N–C) groups is 1. The van der Waals surface area contributed by atoms with E-state index in [1.165, 1.54) is 5.56 Å². The standard InChI is InChI=1S/C24H30N4O3.HI/c1-25-24(28-16-21-13-18-7-2-3-10-22(18)31-21)27-14-17-6-4-8-19(12-17)23(29)26-15-20-9-5-11-30-20;/h2-4,6-8,10,12,20-21H,5,9,11,13-16H2,1H3,(H,26,29)(H2,25,27,28);1H. The fourth-order valence-electron chi connectivity index (χ4n) is 3.92. The van der Waals surface area contributed by atoms with Gasteiger partial charge in [-0.25, -0.2) is 0 Å². The molecule has 1 saturated heterocycles. The molecule has 2 unspecified atom stereocenters. The van der Waals surface area contributed by atoms with Crippen LogP contribution in [0.15, 0.2) is 53.5 Å². The fraction of sp³-hybridized carbons (Fsp3) is 0.417. The van der Waals surface area contributed by atoms with E-state index in [4.69, 9.17) is 9.47 Å². The zero-order chi connectivity index (χ0) is 21.5. The number of para-hydroxylation sites is 1. The predicted molar refractivity (Wildman–Crippen MR) is 136 cm³/mol. The van der Waals surface area contributed by atoms with Crippen molar-refractivity contribution in [2.24, 2.45) is 4.99 Å². The van der Waals surface area contributed by atoms with Crippen molar-refractivity contribution in [3.05, 3.63) is 65.2 Å². The highest BCUT2D eigenvalue weighted by Crippen LogP contribution is 2.27. The van der Waals surface area contributed by atoms with Gasteiger partial charge < -0.3 is 25.4 Å². The molecule has 172 valence electrons. The summed E-state index contributed by atoms with van der Waals surface area (Å²) in [5, 5.41) is 9.60. The number of amides is 1. The Labute approximate surface area is 206 Å². The van der Waals surface area contributed by atoms with Gasteiger partial charge in [0.2, 0.25) is 0 Å². The highest BCUT2D eigenvalue weighted by Gasteiger charge is 2.22. The number of carbonyl (C=O) groups is 1. The molecule has 2 aromatic carbocycles. The van der Waals surface area contributed by atoms with Gasteiger partial charge in [-0.15, -0.1) is 24.0 Å². The number of hydrogen-bond acceptors (Lipinski definition) is 4. The molecule has 0 saturated carbocycles. The average molecular weight is 550 g/mol. The zero-order valence-electron chi connectivity index (χ0n) is 18.3. The monoisotopic (exact) mass is 550 g/mol. The minimum atomic E-state index is -0.0715. The summed E-state index contributed by atoms with van der Waals surface area (Å²) >= 11 is 0. The van der Waals surface area contributed by atoms with E-state index < -0.39 is 0 Å². The number of nitrogens with one attached hydrogen (secondary N) is 3. The Balaban J connectivity index is 0.00000289. The fourth-order valence-corrected chi connectivity index (χ4v) is 3.92. The first-order chi connectivity index (χ1) is 15.2. The number of fused-ring (bicyclic) bond motifs is 1. The summed E-state index contributed by atoms with van der Waals surface area (Å²) in [7, 11) is 1.74. The molecular formula is C24H31IN4O3. The second-order valence-electron chi connectivity index (χ2n) is 7.90. The van der Waals surface area contributed by atoms with Crippen LogP contribution in [0.1, 0.15) is 34.3 Å². The molecule has 0 aliphatic carbocycles. The van der Waals surface area contributed by atoms with Crippen molar-refractivity contribution < 1.29 is 14.3 Å². The number of rotatable bonds is 7. The maximum Gasteiger partial charge on any atom is 0.251 e. The molecular weight excluding hydrogens is 519 g/mol. The summed E-state index contributed by atoms with van der Waals surface area (Å²) < 4.78 is 11.5. The van der Waals surface area contributed by atoms with Crippen LogP contribution < -0.4 is 20.7 Å². The molecule has 1 amide bonds. The number of guanidine groups is 1. The third-order valence-corrected chi connectivity index (χ3v) is 5.60. The Kier molecular flexibility index (Phi) is 9.16. The summed E-state index contributed by atoms with van der Waals surface area (Å²) in [6.45, 7) is 2.58. The summed E-state index contributed by atoms with van der Waals surface area (Å²) in [4.78, 5) is 16.7. The number of ether oxygens (including phenoxy) is 2.